The molecule has 0 amide bonds. The summed E-state index contributed by atoms with van der Waals surface area (Å²) in [6.45, 7) is 3.62. The van der Waals surface area contributed by atoms with E-state index in [0.29, 0.717) is 0 Å². The summed E-state index contributed by atoms with van der Waals surface area (Å²) in [5.41, 5.74) is 0. The predicted octanol–water partition coefficient (Wildman–Crippen LogP) is 3.34. The molecule has 0 aromatic heterocycles. The van der Waals surface area contributed by atoms with Gasteiger partial charge in [0.1, 0.15) is 0 Å². The fraction of sp³-hybridized carbons (Fsp3) is 1.00. The van der Waals surface area contributed by atoms with Gasteiger partial charge in [-0.15, -0.1) is 0 Å². The van der Waals surface area contributed by atoms with Crippen molar-refractivity contribution in [1.82, 2.24) is 5.32 Å². The maximum atomic E-state index is 3.68. The third-order valence-electron chi connectivity index (χ3n) is 4.38. The number of hydrogen-bond donors (Lipinski definition) is 1. The van der Waals surface area contributed by atoms with Crippen molar-refractivity contribution < 1.29 is 0 Å². The second-order valence-corrected chi connectivity index (χ2v) is 5.25. The Morgan fingerprint density at radius 1 is 1.07 bits per heavy atom. The van der Waals surface area contributed by atoms with Crippen molar-refractivity contribution in [3.05, 3.63) is 0 Å². The first kappa shape index (κ1) is 10.5. The zero-order valence-electron chi connectivity index (χ0n) is 9.60. The van der Waals surface area contributed by atoms with Gasteiger partial charge >= 0.3 is 0 Å². The molecule has 0 bridgehead atoms. The summed E-state index contributed by atoms with van der Waals surface area (Å²) < 4.78 is 0. The first-order chi connectivity index (χ1) is 6.90. The minimum atomic E-state index is 0.862. The molecule has 1 saturated heterocycles. The molecule has 0 aromatic carbocycles. The zero-order valence-corrected chi connectivity index (χ0v) is 9.60. The van der Waals surface area contributed by atoms with Crippen LogP contribution in [0.3, 0.4) is 0 Å². The molecule has 0 spiro atoms. The van der Waals surface area contributed by atoms with Gasteiger partial charge in [-0.05, 0) is 37.6 Å². The van der Waals surface area contributed by atoms with Crippen molar-refractivity contribution in [3.63, 3.8) is 0 Å². The summed E-state index contributed by atoms with van der Waals surface area (Å²) >= 11 is 0. The standard InChI is InChI=1S/C13H25N/c1-2-12-9-10-14-13(12)8-7-11-5-3-4-6-11/h11-14H,2-10H2,1H3. The summed E-state index contributed by atoms with van der Waals surface area (Å²) in [5, 5.41) is 3.68. The Balaban J connectivity index is 1.68. The Bertz CT molecular complexity index is 161. The molecule has 14 heavy (non-hydrogen) atoms. The summed E-state index contributed by atoms with van der Waals surface area (Å²) in [7, 11) is 0. The van der Waals surface area contributed by atoms with Gasteiger partial charge in [0.05, 0.1) is 0 Å². The summed E-state index contributed by atoms with van der Waals surface area (Å²) in [6.07, 6.45) is 11.8. The molecule has 1 aliphatic carbocycles. The molecule has 1 aliphatic heterocycles. The fourth-order valence-corrected chi connectivity index (χ4v) is 3.36. The third-order valence-corrected chi connectivity index (χ3v) is 4.38. The Kier molecular flexibility index (Phi) is 3.86. The topological polar surface area (TPSA) is 12.0 Å². The molecular formula is C13H25N. The van der Waals surface area contributed by atoms with Crippen LogP contribution < -0.4 is 5.32 Å². The highest BCUT2D eigenvalue weighted by Gasteiger charge is 2.26. The first-order valence-corrected chi connectivity index (χ1v) is 6.63. The highest BCUT2D eigenvalue weighted by molar-refractivity contribution is 4.83. The van der Waals surface area contributed by atoms with Crippen molar-refractivity contribution >= 4 is 0 Å². The van der Waals surface area contributed by atoms with E-state index in [1.165, 1.54) is 57.9 Å². The predicted molar refractivity (Wildman–Crippen MR) is 61.4 cm³/mol. The molecule has 1 nitrogen and oxygen atoms in total. The fourth-order valence-electron chi connectivity index (χ4n) is 3.36. The van der Waals surface area contributed by atoms with Crippen LogP contribution in [-0.4, -0.2) is 12.6 Å². The molecule has 1 heteroatoms. The van der Waals surface area contributed by atoms with Gasteiger partial charge in [0, 0.05) is 6.04 Å². The van der Waals surface area contributed by atoms with Crippen LogP contribution in [0.4, 0.5) is 0 Å². The van der Waals surface area contributed by atoms with Crippen LogP contribution in [0, 0.1) is 11.8 Å². The maximum absolute atomic E-state index is 3.68. The van der Waals surface area contributed by atoms with Gasteiger partial charge in [0.25, 0.3) is 0 Å². The van der Waals surface area contributed by atoms with E-state index in [2.05, 4.69) is 12.2 Å². The molecule has 82 valence electrons. The van der Waals surface area contributed by atoms with Crippen molar-refractivity contribution in [2.24, 2.45) is 11.8 Å². The molecule has 1 N–H and O–H groups in total. The molecular weight excluding hydrogens is 170 g/mol. The normalized spacial score (nSPS) is 34.1. The van der Waals surface area contributed by atoms with Gasteiger partial charge in [-0.25, -0.2) is 0 Å². The second-order valence-electron chi connectivity index (χ2n) is 5.25. The molecule has 2 fully saturated rings. The zero-order chi connectivity index (χ0) is 9.80. The average Bonchev–Trinajstić information content (AvgIpc) is 2.85. The molecule has 0 radical (unpaired) electrons. The number of nitrogens with one attached hydrogen (secondary N) is 1. The lowest BCUT2D eigenvalue weighted by atomic mass is 9.91. The third kappa shape index (κ3) is 2.50. The largest absolute Gasteiger partial charge is 0.314 e. The van der Waals surface area contributed by atoms with Gasteiger partial charge in [-0.1, -0.05) is 39.0 Å². The maximum Gasteiger partial charge on any atom is 0.00958 e. The highest BCUT2D eigenvalue weighted by Crippen LogP contribution is 2.31. The monoisotopic (exact) mass is 195 g/mol. The van der Waals surface area contributed by atoms with Crippen LogP contribution in [0.5, 0.6) is 0 Å². The van der Waals surface area contributed by atoms with E-state index >= 15 is 0 Å². The lowest BCUT2D eigenvalue weighted by Gasteiger charge is -2.19. The Labute approximate surface area is 88.7 Å². The van der Waals surface area contributed by atoms with Crippen LogP contribution in [0.2, 0.25) is 0 Å². The van der Waals surface area contributed by atoms with Crippen LogP contribution in [-0.2, 0) is 0 Å². The Hall–Kier alpha value is -0.0400. The highest BCUT2D eigenvalue weighted by atomic mass is 14.9. The molecule has 2 atom stereocenters. The second kappa shape index (κ2) is 5.16. The SMILES string of the molecule is CCC1CCNC1CCC1CCCC1. The Morgan fingerprint density at radius 2 is 1.86 bits per heavy atom. The minimum absolute atomic E-state index is 0.862. The van der Waals surface area contributed by atoms with Crippen molar-refractivity contribution in [2.45, 2.75) is 64.3 Å². The molecule has 1 heterocycles. The average molecular weight is 195 g/mol. The number of rotatable bonds is 4. The van der Waals surface area contributed by atoms with E-state index in [-0.39, 0.29) is 0 Å². The summed E-state index contributed by atoms with van der Waals surface area (Å²) in [4.78, 5) is 0. The van der Waals surface area contributed by atoms with Gasteiger partial charge in [-0.2, -0.15) is 0 Å². The van der Waals surface area contributed by atoms with E-state index in [0.717, 1.165) is 17.9 Å². The molecule has 2 unspecified atom stereocenters. The lowest BCUT2D eigenvalue weighted by Crippen LogP contribution is -2.27. The Morgan fingerprint density at radius 3 is 2.57 bits per heavy atom. The van der Waals surface area contributed by atoms with Gasteiger partial charge in [-0.3, -0.25) is 0 Å². The van der Waals surface area contributed by atoms with E-state index in [1.807, 2.05) is 0 Å². The molecule has 0 aromatic rings. The van der Waals surface area contributed by atoms with Gasteiger partial charge < -0.3 is 5.32 Å². The van der Waals surface area contributed by atoms with Crippen LogP contribution in [0.1, 0.15) is 58.3 Å². The van der Waals surface area contributed by atoms with E-state index in [4.69, 9.17) is 0 Å². The number of hydrogen-bond acceptors (Lipinski definition) is 1. The van der Waals surface area contributed by atoms with Crippen LogP contribution in [0.25, 0.3) is 0 Å². The van der Waals surface area contributed by atoms with Crippen LogP contribution in [0.15, 0.2) is 0 Å². The van der Waals surface area contributed by atoms with E-state index in [1.54, 1.807) is 0 Å². The van der Waals surface area contributed by atoms with Gasteiger partial charge in [0.15, 0.2) is 0 Å². The quantitative estimate of drug-likeness (QED) is 0.725. The lowest BCUT2D eigenvalue weighted by molar-refractivity contribution is 0.366. The minimum Gasteiger partial charge on any atom is -0.314 e. The molecule has 2 aliphatic rings. The van der Waals surface area contributed by atoms with Crippen molar-refractivity contribution in [2.75, 3.05) is 6.54 Å². The first-order valence-electron chi connectivity index (χ1n) is 6.63. The summed E-state index contributed by atoms with van der Waals surface area (Å²) in [6, 6.07) is 0.862. The summed E-state index contributed by atoms with van der Waals surface area (Å²) in [5.74, 6) is 2.06. The smallest absolute Gasteiger partial charge is 0.00958 e. The van der Waals surface area contributed by atoms with Gasteiger partial charge in [0.2, 0.25) is 0 Å². The van der Waals surface area contributed by atoms with Crippen molar-refractivity contribution in [3.8, 4) is 0 Å². The molecule has 1 saturated carbocycles. The molecule has 2 rings (SSSR count). The van der Waals surface area contributed by atoms with Crippen LogP contribution >= 0.6 is 0 Å². The van der Waals surface area contributed by atoms with E-state index in [9.17, 15) is 0 Å². The van der Waals surface area contributed by atoms with E-state index < -0.39 is 0 Å². The van der Waals surface area contributed by atoms with Crippen molar-refractivity contribution in [1.29, 1.82) is 0 Å².